The molecule has 0 bridgehead atoms. The Bertz CT molecular complexity index is 718. The van der Waals surface area contributed by atoms with E-state index in [-0.39, 0.29) is 18.2 Å². The molecule has 0 saturated carbocycles. The Hall–Kier alpha value is -2.17. The third-order valence-corrected chi connectivity index (χ3v) is 4.10. The van der Waals surface area contributed by atoms with E-state index in [2.05, 4.69) is 5.32 Å². The fraction of sp³-hybridized carbons (Fsp3) is 0.222. The summed E-state index contributed by atoms with van der Waals surface area (Å²) in [4.78, 5) is 25.8. The highest BCUT2D eigenvalue weighted by Gasteiger charge is 2.39. The SMILES string of the molecule is O=C1CC(NCCc2ccccc2)C(=O)N1c1cccc(Cl)c1. The quantitative estimate of drug-likeness (QED) is 0.859. The number of amides is 2. The highest BCUT2D eigenvalue weighted by Crippen LogP contribution is 2.25. The van der Waals surface area contributed by atoms with Crippen molar-refractivity contribution < 1.29 is 9.59 Å². The molecule has 1 N–H and O–H groups in total. The van der Waals surface area contributed by atoms with Gasteiger partial charge in [0, 0.05) is 5.02 Å². The Kier molecular flexibility index (Phi) is 4.74. The molecule has 2 amide bonds. The number of rotatable bonds is 5. The number of imide groups is 1. The molecule has 23 heavy (non-hydrogen) atoms. The Morgan fingerprint density at radius 1 is 1.09 bits per heavy atom. The molecule has 1 fully saturated rings. The van der Waals surface area contributed by atoms with E-state index in [0.717, 1.165) is 6.42 Å². The third-order valence-electron chi connectivity index (χ3n) is 3.86. The van der Waals surface area contributed by atoms with Crippen LogP contribution in [-0.2, 0) is 16.0 Å². The smallest absolute Gasteiger partial charge is 0.251 e. The maximum absolute atomic E-state index is 12.5. The molecule has 4 nitrogen and oxygen atoms in total. The summed E-state index contributed by atoms with van der Waals surface area (Å²) in [6.45, 7) is 0.650. The second-order valence-corrected chi connectivity index (χ2v) is 5.93. The molecule has 1 heterocycles. The summed E-state index contributed by atoms with van der Waals surface area (Å²) >= 11 is 5.94. The van der Waals surface area contributed by atoms with Gasteiger partial charge in [-0.2, -0.15) is 0 Å². The van der Waals surface area contributed by atoms with E-state index in [1.165, 1.54) is 10.5 Å². The second-order valence-electron chi connectivity index (χ2n) is 5.49. The summed E-state index contributed by atoms with van der Waals surface area (Å²) in [7, 11) is 0. The minimum atomic E-state index is -0.467. The summed E-state index contributed by atoms with van der Waals surface area (Å²) < 4.78 is 0. The van der Waals surface area contributed by atoms with Crippen LogP contribution in [0.5, 0.6) is 0 Å². The van der Waals surface area contributed by atoms with Gasteiger partial charge >= 0.3 is 0 Å². The average Bonchev–Trinajstić information content (AvgIpc) is 2.82. The van der Waals surface area contributed by atoms with Gasteiger partial charge in [0.05, 0.1) is 18.2 Å². The zero-order valence-corrected chi connectivity index (χ0v) is 13.3. The van der Waals surface area contributed by atoms with Crippen LogP contribution in [0.15, 0.2) is 54.6 Å². The van der Waals surface area contributed by atoms with Gasteiger partial charge in [0.15, 0.2) is 0 Å². The summed E-state index contributed by atoms with van der Waals surface area (Å²) in [6.07, 6.45) is 0.996. The van der Waals surface area contributed by atoms with Gasteiger partial charge in [-0.1, -0.05) is 48.0 Å². The van der Waals surface area contributed by atoms with Crippen LogP contribution in [-0.4, -0.2) is 24.4 Å². The molecule has 1 atom stereocenters. The monoisotopic (exact) mass is 328 g/mol. The number of carbonyl (C=O) groups is 2. The molecule has 1 saturated heterocycles. The Morgan fingerprint density at radius 3 is 2.61 bits per heavy atom. The van der Waals surface area contributed by atoms with Gasteiger partial charge in [-0.15, -0.1) is 0 Å². The van der Waals surface area contributed by atoms with Crippen molar-refractivity contribution in [1.29, 1.82) is 0 Å². The molecule has 118 valence electrons. The van der Waals surface area contributed by atoms with Crippen molar-refractivity contribution >= 4 is 29.1 Å². The minimum absolute atomic E-state index is 0.181. The van der Waals surface area contributed by atoms with Crippen LogP contribution >= 0.6 is 11.6 Å². The average molecular weight is 329 g/mol. The van der Waals surface area contributed by atoms with Crippen LogP contribution in [0, 0.1) is 0 Å². The van der Waals surface area contributed by atoms with Gasteiger partial charge in [-0.25, -0.2) is 4.90 Å². The molecule has 0 spiro atoms. The minimum Gasteiger partial charge on any atom is -0.305 e. The molecule has 3 rings (SSSR count). The zero-order valence-electron chi connectivity index (χ0n) is 12.5. The largest absolute Gasteiger partial charge is 0.305 e. The number of hydrogen-bond donors (Lipinski definition) is 1. The van der Waals surface area contributed by atoms with Crippen LogP contribution < -0.4 is 10.2 Å². The number of halogens is 1. The number of anilines is 1. The molecular weight excluding hydrogens is 312 g/mol. The van der Waals surface area contributed by atoms with Crippen molar-refractivity contribution in [2.75, 3.05) is 11.4 Å². The number of hydrogen-bond acceptors (Lipinski definition) is 3. The van der Waals surface area contributed by atoms with E-state index in [1.807, 2.05) is 30.3 Å². The first-order valence-corrected chi connectivity index (χ1v) is 7.92. The van der Waals surface area contributed by atoms with Crippen molar-refractivity contribution in [3.63, 3.8) is 0 Å². The van der Waals surface area contributed by atoms with Gasteiger partial charge in [0.1, 0.15) is 0 Å². The predicted octanol–water partition coefficient (Wildman–Crippen LogP) is 2.80. The Morgan fingerprint density at radius 2 is 1.87 bits per heavy atom. The topological polar surface area (TPSA) is 49.4 Å². The zero-order chi connectivity index (χ0) is 16.2. The van der Waals surface area contributed by atoms with E-state index in [4.69, 9.17) is 11.6 Å². The predicted molar refractivity (Wildman–Crippen MR) is 90.5 cm³/mol. The maximum Gasteiger partial charge on any atom is 0.251 e. The van der Waals surface area contributed by atoms with Crippen molar-refractivity contribution in [3.8, 4) is 0 Å². The lowest BCUT2D eigenvalue weighted by molar-refractivity contribution is -0.121. The van der Waals surface area contributed by atoms with Gasteiger partial charge in [-0.05, 0) is 36.7 Å². The standard InChI is InChI=1S/C18H17ClN2O2/c19-14-7-4-8-15(11-14)21-17(22)12-16(18(21)23)20-10-9-13-5-2-1-3-6-13/h1-8,11,16,20H,9-10,12H2. The second kappa shape index (κ2) is 6.94. The molecule has 5 heteroatoms. The van der Waals surface area contributed by atoms with Gasteiger partial charge < -0.3 is 5.32 Å². The van der Waals surface area contributed by atoms with E-state index in [1.54, 1.807) is 24.3 Å². The number of nitrogens with zero attached hydrogens (tertiary/aromatic N) is 1. The number of nitrogens with one attached hydrogen (secondary N) is 1. The fourth-order valence-corrected chi connectivity index (χ4v) is 2.90. The van der Waals surface area contributed by atoms with Crippen molar-refractivity contribution in [2.45, 2.75) is 18.9 Å². The van der Waals surface area contributed by atoms with Crippen LogP contribution in [0.1, 0.15) is 12.0 Å². The van der Waals surface area contributed by atoms with E-state index in [0.29, 0.717) is 17.3 Å². The molecule has 0 aromatic heterocycles. The van der Waals surface area contributed by atoms with Crippen molar-refractivity contribution in [2.24, 2.45) is 0 Å². The maximum atomic E-state index is 12.5. The number of benzene rings is 2. The molecule has 1 aliphatic heterocycles. The van der Waals surface area contributed by atoms with E-state index in [9.17, 15) is 9.59 Å². The highest BCUT2D eigenvalue weighted by atomic mass is 35.5. The van der Waals surface area contributed by atoms with Crippen LogP contribution in [0.4, 0.5) is 5.69 Å². The third kappa shape index (κ3) is 3.60. The van der Waals surface area contributed by atoms with E-state index < -0.39 is 6.04 Å². The van der Waals surface area contributed by atoms with E-state index >= 15 is 0 Å². The van der Waals surface area contributed by atoms with Crippen LogP contribution in [0.3, 0.4) is 0 Å². The lowest BCUT2D eigenvalue weighted by Crippen LogP contribution is -2.39. The molecule has 1 aliphatic rings. The summed E-state index contributed by atoms with van der Waals surface area (Å²) in [5.41, 5.74) is 1.73. The lowest BCUT2D eigenvalue weighted by atomic mass is 10.1. The van der Waals surface area contributed by atoms with Crippen LogP contribution in [0.25, 0.3) is 0 Å². The fourth-order valence-electron chi connectivity index (χ4n) is 2.71. The molecule has 2 aromatic carbocycles. The Labute approximate surface area is 140 Å². The lowest BCUT2D eigenvalue weighted by Gasteiger charge is -2.15. The molecule has 1 unspecified atom stereocenters. The van der Waals surface area contributed by atoms with Gasteiger partial charge in [0.25, 0.3) is 5.91 Å². The normalized spacial score (nSPS) is 17.8. The Balaban J connectivity index is 1.62. The summed E-state index contributed by atoms with van der Waals surface area (Å²) in [5.74, 6) is -0.417. The molecular formula is C18H17ClN2O2. The first kappa shape index (κ1) is 15.7. The summed E-state index contributed by atoms with van der Waals surface area (Å²) in [5, 5.41) is 3.68. The van der Waals surface area contributed by atoms with Gasteiger partial charge in [0.2, 0.25) is 5.91 Å². The first-order chi connectivity index (χ1) is 11.1. The van der Waals surface area contributed by atoms with Gasteiger partial charge in [-0.3, -0.25) is 9.59 Å². The first-order valence-electron chi connectivity index (χ1n) is 7.55. The number of carbonyl (C=O) groups excluding carboxylic acids is 2. The molecule has 0 radical (unpaired) electrons. The van der Waals surface area contributed by atoms with Crippen molar-refractivity contribution in [1.82, 2.24) is 5.32 Å². The molecule has 0 aliphatic carbocycles. The van der Waals surface area contributed by atoms with Crippen LogP contribution in [0.2, 0.25) is 5.02 Å². The highest BCUT2D eigenvalue weighted by molar-refractivity contribution is 6.31. The van der Waals surface area contributed by atoms with Crippen molar-refractivity contribution in [3.05, 3.63) is 65.2 Å². The summed E-state index contributed by atoms with van der Waals surface area (Å²) in [6, 6.07) is 16.4. The molecule has 2 aromatic rings.